The van der Waals surface area contributed by atoms with Crippen molar-refractivity contribution in [2.45, 2.75) is 6.92 Å². The molecule has 1 aliphatic heterocycles. The van der Waals surface area contributed by atoms with E-state index in [0.29, 0.717) is 31.7 Å². The van der Waals surface area contributed by atoms with Crippen molar-refractivity contribution in [1.29, 1.82) is 0 Å². The lowest BCUT2D eigenvalue weighted by molar-refractivity contribution is 0.0963. The van der Waals surface area contributed by atoms with E-state index >= 15 is 0 Å². The number of anilines is 1. The molecule has 108 valence electrons. The third-order valence-corrected chi connectivity index (χ3v) is 3.58. The quantitative estimate of drug-likeness (QED) is 0.850. The van der Waals surface area contributed by atoms with Crippen molar-refractivity contribution in [3.05, 3.63) is 29.3 Å². The lowest BCUT2D eigenvalue weighted by atomic mass is 10.1. The number of hydrogen-bond donors (Lipinski definition) is 2. The third kappa shape index (κ3) is 2.84. The van der Waals surface area contributed by atoms with E-state index in [1.165, 1.54) is 4.90 Å². The Hall–Kier alpha value is -2.24. The third-order valence-electron chi connectivity index (χ3n) is 3.58. The molecule has 2 rings (SSSR count). The lowest BCUT2D eigenvalue weighted by Crippen LogP contribution is -2.48. The molecule has 2 N–H and O–H groups in total. The van der Waals surface area contributed by atoms with Gasteiger partial charge in [0, 0.05) is 44.5 Å². The molecule has 1 aromatic carbocycles. The van der Waals surface area contributed by atoms with E-state index in [-0.39, 0.29) is 5.91 Å². The van der Waals surface area contributed by atoms with Crippen LogP contribution in [-0.4, -0.2) is 55.2 Å². The second-order valence-electron chi connectivity index (χ2n) is 4.84. The van der Waals surface area contributed by atoms with E-state index in [2.05, 4.69) is 10.2 Å². The molecule has 1 heterocycles. The van der Waals surface area contributed by atoms with Gasteiger partial charge in [-0.3, -0.25) is 4.79 Å². The fraction of sp³-hybridized carbons (Fsp3) is 0.429. The molecule has 6 nitrogen and oxygen atoms in total. The maximum absolute atomic E-state index is 11.6. The van der Waals surface area contributed by atoms with Gasteiger partial charge in [-0.25, -0.2) is 4.79 Å². The number of amides is 2. The van der Waals surface area contributed by atoms with Gasteiger partial charge in [-0.2, -0.15) is 0 Å². The number of benzene rings is 1. The molecule has 1 aromatic rings. The van der Waals surface area contributed by atoms with Gasteiger partial charge in [0.25, 0.3) is 5.91 Å². The summed E-state index contributed by atoms with van der Waals surface area (Å²) in [5, 5.41) is 11.5. The van der Waals surface area contributed by atoms with Crippen LogP contribution in [0, 0.1) is 6.92 Å². The van der Waals surface area contributed by atoms with Crippen LogP contribution >= 0.6 is 0 Å². The summed E-state index contributed by atoms with van der Waals surface area (Å²) in [6.07, 6.45) is -0.865. The minimum atomic E-state index is -0.865. The molecule has 0 spiro atoms. The predicted octanol–water partition coefficient (Wildman–Crippen LogP) is 1.15. The van der Waals surface area contributed by atoms with E-state index in [9.17, 15) is 9.59 Å². The highest BCUT2D eigenvalue weighted by atomic mass is 16.4. The van der Waals surface area contributed by atoms with E-state index in [0.717, 1.165) is 11.3 Å². The monoisotopic (exact) mass is 277 g/mol. The van der Waals surface area contributed by atoms with E-state index in [1.807, 2.05) is 19.1 Å². The maximum Gasteiger partial charge on any atom is 0.407 e. The van der Waals surface area contributed by atoms with Gasteiger partial charge in [-0.05, 0) is 30.7 Å². The summed E-state index contributed by atoms with van der Waals surface area (Å²) >= 11 is 0. The van der Waals surface area contributed by atoms with Gasteiger partial charge in [-0.15, -0.1) is 0 Å². The normalized spacial score (nSPS) is 15.1. The van der Waals surface area contributed by atoms with Crippen molar-refractivity contribution in [3.8, 4) is 0 Å². The van der Waals surface area contributed by atoms with Crippen molar-refractivity contribution in [3.63, 3.8) is 0 Å². The molecule has 0 bridgehead atoms. The van der Waals surface area contributed by atoms with Gasteiger partial charge in [0.15, 0.2) is 0 Å². The second-order valence-corrected chi connectivity index (χ2v) is 4.84. The highest BCUT2D eigenvalue weighted by Gasteiger charge is 2.21. The van der Waals surface area contributed by atoms with E-state index < -0.39 is 6.09 Å². The van der Waals surface area contributed by atoms with Crippen LogP contribution < -0.4 is 10.2 Å². The molecule has 20 heavy (non-hydrogen) atoms. The van der Waals surface area contributed by atoms with Crippen molar-refractivity contribution in [2.75, 3.05) is 38.1 Å². The molecule has 1 aliphatic rings. The minimum Gasteiger partial charge on any atom is -0.465 e. The van der Waals surface area contributed by atoms with Crippen LogP contribution in [0.2, 0.25) is 0 Å². The van der Waals surface area contributed by atoms with E-state index in [4.69, 9.17) is 5.11 Å². The number of aryl methyl sites for hydroxylation is 1. The van der Waals surface area contributed by atoms with Gasteiger partial charge >= 0.3 is 6.09 Å². The predicted molar refractivity (Wildman–Crippen MR) is 76.4 cm³/mol. The zero-order chi connectivity index (χ0) is 14.7. The Bertz CT molecular complexity index is 522. The van der Waals surface area contributed by atoms with Crippen LogP contribution in [0.3, 0.4) is 0 Å². The summed E-state index contributed by atoms with van der Waals surface area (Å²) in [6.45, 7) is 4.32. The standard InChI is InChI=1S/C14H19N3O3/c1-10-9-11(13(18)15-2)3-4-12(10)16-5-7-17(8-6-16)14(19)20/h3-4,9H,5-8H2,1-2H3,(H,15,18)(H,19,20). The number of piperazine rings is 1. The lowest BCUT2D eigenvalue weighted by Gasteiger charge is -2.35. The summed E-state index contributed by atoms with van der Waals surface area (Å²) in [5.41, 5.74) is 2.72. The van der Waals surface area contributed by atoms with Gasteiger partial charge in [-0.1, -0.05) is 0 Å². The van der Waals surface area contributed by atoms with Crippen LogP contribution in [0.5, 0.6) is 0 Å². The first-order valence-electron chi connectivity index (χ1n) is 6.58. The van der Waals surface area contributed by atoms with Crippen molar-refractivity contribution in [2.24, 2.45) is 0 Å². The fourth-order valence-electron chi connectivity index (χ4n) is 2.43. The molecule has 0 aromatic heterocycles. The molecular weight excluding hydrogens is 258 g/mol. The largest absolute Gasteiger partial charge is 0.465 e. The van der Waals surface area contributed by atoms with Crippen molar-refractivity contribution in [1.82, 2.24) is 10.2 Å². The minimum absolute atomic E-state index is 0.102. The zero-order valence-corrected chi connectivity index (χ0v) is 11.7. The van der Waals surface area contributed by atoms with Crippen molar-refractivity contribution < 1.29 is 14.7 Å². The Morgan fingerprint density at radius 3 is 2.35 bits per heavy atom. The first-order chi connectivity index (χ1) is 9.52. The SMILES string of the molecule is CNC(=O)c1ccc(N2CCN(C(=O)O)CC2)c(C)c1. The Labute approximate surface area is 118 Å². The van der Waals surface area contributed by atoms with E-state index in [1.54, 1.807) is 13.1 Å². The van der Waals surface area contributed by atoms with Crippen molar-refractivity contribution >= 4 is 17.7 Å². The maximum atomic E-state index is 11.6. The molecule has 0 unspecified atom stereocenters. The average molecular weight is 277 g/mol. The number of rotatable bonds is 2. The number of hydrogen-bond acceptors (Lipinski definition) is 3. The Morgan fingerprint density at radius 1 is 1.20 bits per heavy atom. The highest BCUT2D eigenvalue weighted by molar-refractivity contribution is 5.94. The smallest absolute Gasteiger partial charge is 0.407 e. The Morgan fingerprint density at radius 2 is 1.85 bits per heavy atom. The first-order valence-corrected chi connectivity index (χ1v) is 6.58. The summed E-state index contributed by atoms with van der Waals surface area (Å²) in [6, 6.07) is 5.58. The first kappa shape index (κ1) is 14.2. The number of carboxylic acid groups (broad SMARTS) is 1. The zero-order valence-electron chi connectivity index (χ0n) is 11.7. The van der Waals surface area contributed by atoms with Crippen LogP contribution in [0.15, 0.2) is 18.2 Å². The average Bonchev–Trinajstić information content (AvgIpc) is 2.46. The molecule has 0 atom stereocenters. The fourth-order valence-corrected chi connectivity index (χ4v) is 2.43. The number of nitrogens with one attached hydrogen (secondary N) is 1. The molecule has 0 radical (unpaired) electrons. The highest BCUT2D eigenvalue weighted by Crippen LogP contribution is 2.22. The van der Waals surface area contributed by atoms with Crippen LogP contribution in [0.4, 0.5) is 10.5 Å². The van der Waals surface area contributed by atoms with Gasteiger partial charge in [0.2, 0.25) is 0 Å². The summed E-state index contributed by atoms with van der Waals surface area (Å²) in [5.74, 6) is -0.102. The van der Waals surface area contributed by atoms with Gasteiger partial charge in [0.1, 0.15) is 0 Å². The molecule has 0 saturated carbocycles. The molecule has 1 fully saturated rings. The molecule has 1 saturated heterocycles. The number of carbonyl (C=O) groups excluding carboxylic acids is 1. The summed E-state index contributed by atoms with van der Waals surface area (Å²) in [4.78, 5) is 26.0. The molecular formula is C14H19N3O3. The Balaban J connectivity index is 2.11. The summed E-state index contributed by atoms with van der Waals surface area (Å²) < 4.78 is 0. The van der Waals surface area contributed by atoms with Crippen LogP contribution in [-0.2, 0) is 0 Å². The summed E-state index contributed by atoms with van der Waals surface area (Å²) in [7, 11) is 1.61. The van der Waals surface area contributed by atoms with Crippen LogP contribution in [0.1, 0.15) is 15.9 Å². The van der Waals surface area contributed by atoms with Gasteiger partial charge < -0.3 is 20.2 Å². The molecule has 6 heteroatoms. The molecule has 2 amide bonds. The van der Waals surface area contributed by atoms with Crippen LogP contribution in [0.25, 0.3) is 0 Å². The molecule has 0 aliphatic carbocycles. The number of carbonyl (C=O) groups is 2. The second kappa shape index (κ2) is 5.81. The number of nitrogens with zero attached hydrogens (tertiary/aromatic N) is 2. The Kier molecular flexibility index (Phi) is 4.12. The topological polar surface area (TPSA) is 72.9 Å². The van der Waals surface area contributed by atoms with Gasteiger partial charge in [0.05, 0.1) is 0 Å².